The summed E-state index contributed by atoms with van der Waals surface area (Å²) >= 11 is 0. The molecule has 0 aliphatic heterocycles. The van der Waals surface area contributed by atoms with Crippen molar-refractivity contribution in [1.29, 1.82) is 0 Å². The van der Waals surface area contributed by atoms with Gasteiger partial charge in [-0.2, -0.15) is 0 Å². The lowest BCUT2D eigenvalue weighted by atomic mass is 9.64. The second-order valence-electron chi connectivity index (χ2n) is 12.7. The molecule has 1 nitrogen and oxygen atoms in total. The molecule has 0 N–H and O–H groups in total. The largest absolute Gasteiger partial charge is 0.488 e. The van der Waals surface area contributed by atoms with Crippen molar-refractivity contribution in [2.75, 3.05) is 0 Å². The summed E-state index contributed by atoms with van der Waals surface area (Å²) in [5.41, 5.74) is 8.87. The van der Waals surface area contributed by atoms with Crippen LogP contribution in [-0.4, -0.2) is 0 Å². The predicted octanol–water partition coefficient (Wildman–Crippen LogP) is 9.14. The number of ether oxygens (including phenoxy) is 1. The average Bonchev–Trinajstić information content (AvgIpc) is 2.75. The Hall–Kier alpha value is -2.80. The maximum absolute atomic E-state index is 6.53. The molecule has 3 aromatic rings. The van der Waals surface area contributed by atoms with Crippen LogP contribution in [0.4, 0.5) is 0 Å². The number of hydrogen-bond acceptors (Lipinski definition) is 1. The molecule has 0 bridgehead atoms. The fourth-order valence-corrected chi connectivity index (χ4v) is 5.85. The van der Waals surface area contributed by atoms with Gasteiger partial charge in [-0.25, -0.2) is 0 Å². The van der Waals surface area contributed by atoms with Gasteiger partial charge in [0.15, 0.2) is 0 Å². The molecular weight excluding hydrogens is 412 g/mol. The SMILES string of the molecule is CC1(C)C=CC2=C(C1)CC(C)(C)c1c2ccc2cccc(OCc3ccc(C(C)(C)C)cc3)c12. The molecule has 0 atom stereocenters. The van der Waals surface area contributed by atoms with Crippen LogP contribution in [0.3, 0.4) is 0 Å². The van der Waals surface area contributed by atoms with Crippen LogP contribution in [-0.2, 0) is 17.4 Å². The van der Waals surface area contributed by atoms with E-state index in [9.17, 15) is 0 Å². The van der Waals surface area contributed by atoms with Gasteiger partial charge in [-0.1, -0.05) is 115 Å². The van der Waals surface area contributed by atoms with Gasteiger partial charge >= 0.3 is 0 Å². The first-order valence-electron chi connectivity index (χ1n) is 12.6. The van der Waals surface area contributed by atoms with Gasteiger partial charge in [0.1, 0.15) is 12.4 Å². The van der Waals surface area contributed by atoms with E-state index < -0.39 is 0 Å². The zero-order valence-electron chi connectivity index (χ0n) is 21.9. The molecule has 0 saturated carbocycles. The van der Waals surface area contributed by atoms with Crippen molar-refractivity contribution in [3.05, 3.63) is 94.6 Å². The standard InChI is InChI=1S/C33H38O/c1-31(2,3)25-14-11-22(12-15-25)21-34-28-10-8-9-23-13-16-27-26-17-18-32(4,5)19-24(26)20-33(6,7)30(27)29(23)28/h8-18H,19-21H2,1-7H3. The van der Waals surface area contributed by atoms with Crippen LogP contribution in [0, 0.1) is 5.41 Å². The van der Waals surface area contributed by atoms with E-state index in [-0.39, 0.29) is 16.2 Å². The minimum absolute atomic E-state index is 0.0583. The Labute approximate surface area is 205 Å². The molecule has 176 valence electrons. The predicted molar refractivity (Wildman–Crippen MR) is 146 cm³/mol. The quantitative estimate of drug-likeness (QED) is 0.386. The van der Waals surface area contributed by atoms with Crippen molar-refractivity contribution in [2.24, 2.45) is 5.41 Å². The molecule has 1 heteroatoms. The van der Waals surface area contributed by atoms with Crippen molar-refractivity contribution in [3.8, 4) is 5.75 Å². The molecule has 0 radical (unpaired) electrons. The molecule has 0 amide bonds. The maximum atomic E-state index is 6.53. The molecule has 34 heavy (non-hydrogen) atoms. The summed E-state index contributed by atoms with van der Waals surface area (Å²) in [6, 6.07) is 20.0. The molecule has 0 aromatic heterocycles. The highest BCUT2D eigenvalue weighted by Crippen LogP contribution is 2.52. The van der Waals surface area contributed by atoms with Crippen molar-refractivity contribution >= 4 is 16.3 Å². The minimum atomic E-state index is 0.0583. The first-order chi connectivity index (χ1) is 15.9. The Balaban J connectivity index is 1.56. The third-order valence-corrected chi connectivity index (χ3v) is 7.60. The molecule has 2 aliphatic carbocycles. The third-order valence-electron chi connectivity index (χ3n) is 7.60. The van der Waals surface area contributed by atoms with E-state index in [0.29, 0.717) is 6.61 Å². The molecule has 0 spiro atoms. The number of rotatable bonds is 3. The second kappa shape index (κ2) is 7.87. The van der Waals surface area contributed by atoms with Crippen LogP contribution in [0.5, 0.6) is 5.75 Å². The number of hydrogen-bond donors (Lipinski definition) is 0. The van der Waals surface area contributed by atoms with Gasteiger partial charge in [0.05, 0.1) is 0 Å². The Morgan fingerprint density at radius 2 is 1.59 bits per heavy atom. The molecular formula is C33H38O. The van der Waals surface area contributed by atoms with E-state index in [4.69, 9.17) is 4.74 Å². The second-order valence-corrected chi connectivity index (χ2v) is 12.7. The highest BCUT2D eigenvalue weighted by Gasteiger charge is 2.37. The molecule has 0 fully saturated rings. The third kappa shape index (κ3) is 4.11. The van der Waals surface area contributed by atoms with Gasteiger partial charge in [0.2, 0.25) is 0 Å². The lowest BCUT2D eigenvalue weighted by Gasteiger charge is -2.40. The van der Waals surface area contributed by atoms with Crippen LogP contribution in [0.1, 0.15) is 83.6 Å². The van der Waals surface area contributed by atoms with Gasteiger partial charge in [0, 0.05) is 5.39 Å². The minimum Gasteiger partial charge on any atom is -0.488 e. The Bertz CT molecular complexity index is 1310. The summed E-state index contributed by atoms with van der Waals surface area (Å²) in [6.45, 7) is 16.8. The van der Waals surface area contributed by atoms with E-state index in [1.807, 2.05) is 0 Å². The zero-order valence-corrected chi connectivity index (χ0v) is 21.9. The zero-order chi connectivity index (χ0) is 24.3. The summed E-state index contributed by atoms with van der Waals surface area (Å²) in [6.07, 6.45) is 7.01. The Morgan fingerprint density at radius 1 is 0.853 bits per heavy atom. The van der Waals surface area contributed by atoms with E-state index in [0.717, 1.165) is 18.6 Å². The van der Waals surface area contributed by atoms with Gasteiger partial charge in [0.25, 0.3) is 0 Å². The monoisotopic (exact) mass is 450 g/mol. The van der Waals surface area contributed by atoms with Crippen molar-refractivity contribution in [3.63, 3.8) is 0 Å². The lowest BCUT2D eigenvalue weighted by molar-refractivity contribution is 0.309. The summed E-state index contributed by atoms with van der Waals surface area (Å²) in [7, 11) is 0. The summed E-state index contributed by atoms with van der Waals surface area (Å²) in [5, 5.41) is 2.54. The smallest absolute Gasteiger partial charge is 0.127 e. The molecule has 2 aliphatic rings. The molecule has 5 rings (SSSR count). The number of fused-ring (bicyclic) bond motifs is 4. The topological polar surface area (TPSA) is 9.23 Å². The Morgan fingerprint density at radius 3 is 2.29 bits per heavy atom. The Kier molecular flexibility index (Phi) is 5.32. The lowest BCUT2D eigenvalue weighted by Crippen LogP contribution is -2.28. The van der Waals surface area contributed by atoms with Crippen LogP contribution in [0.2, 0.25) is 0 Å². The van der Waals surface area contributed by atoms with E-state index in [1.165, 1.54) is 38.6 Å². The fraction of sp³-hybridized carbons (Fsp3) is 0.394. The number of allylic oxidation sites excluding steroid dienone is 4. The summed E-state index contributed by atoms with van der Waals surface area (Å²) < 4.78 is 6.53. The van der Waals surface area contributed by atoms with Gasteiger partial charge in [-0.05, 0) is 68.4 Å². The first kappa shape index (κ1) is 23.0. The molecule has 0 unspecified atom stereocenters. The average molecular weight is 451 g/mol. The normalized spacial score (nSPS) is 18.6. The van der Waals surface area contributed by atoms with E-state index in [2.05, 4.69) is 115 Å². The molecule has 0 saturated heterocycles. The number of benzene rings is 3. The van der Waals surface area contributed by atoms with Crippen molar-refractivity contribution < 1.29 is 4.74 Å². The van der Waals surface area contributed by atoms with Crippen molar-refractivity contribution in [2.45, 2.75) is 78.7 Å². The van der Waals surface area contributed by atoms with Gasteiger partial charge in [-0.3, -0.25) is 0 Å². The van der Waals surface area contributed by atoms with Crippen LogP contribution >= 0.6 is 0 Å². The van der Waals surface area contributed by atoms with E-state index in [1.54, 1.807) is 5.57 Å². The highest BCUT2D eigenvalue weighted by atomic mass is 16.5. The van der Waals surface area contributed by atoms with Gasteiger partial charge < -0.3 is 4.74 Å². The van der Waals surface area contributed by atoms with Gasteiger partial charge in [-0.15, -0.1) is 0 Å². The first-order valence-corrected chi connectivity index (χ1v) is 12.6. The summed E-state index contributed by atoms with van der Waals surface area (Å²) in [4.78, 5) is 0. The molecule has 3 aromatic carbocycles. The molecule has 0 heterocycles. The summed E-state index contributed by atoms with van der Waals surface area (Å²) in [5.74, 6) is 0.992. The fourth-order valence-electron chi connectivity index (χ4n) is 5.85. The van der Waals surface area contributed by atoms with Crippen molar-refractivity contribution in [1.82, 2.24) is 0 Å². The van der Waals surface area contributed by atoms with E-state index >= 15 is 0 Å². The highest BCUT2D eigenvalue weighted by molar-refractivity contribution is 5.98. The van der Waals surface area contributed by atoms with Crippen LogP contribution in [0.15, 0.2) is 72.3 Å². The van der Waals surface area contributed by atoms with Crippen LogP contribution < -0.4 is 4.74 Å². The van der Waals surface area contributed by atoms with Crippen LogP contribution in [0.25, 0.3) is 16.3 Å². The maximum Gasteiger partial charge on any atom is 0.127 e.